The molecule has 1 saturated carbocycles. The third-order valence-electron chi connectivity index (χ3n) is 7.36. The van der Waals surface area contributed by atoms with E-state index in [9.17, 15) is 9.59 Å². The Morgan fingerprint density at radius 3 is 2.15 bits per heavy atom. The number of para-hydroxylation sites is 2. The molecule has 8 heteroatoms. The van der Waals surface area contributed by atoms with Gasteiger partial charge in [0.25, 0.3) is 0 Å². The predicted octanol–water partition coefficient (Wildman–Crippen LogP) is 3.46. The van der Waals surface area contributed by atoms with Gasteiger partial charge in [0.2, 0.25) is 0 Å². The highest BCUT2D eigenvalue weighted by Crippen LogP contribution is 2.27. The minimum Gasteiger partial charge on any atom is -0.367 e. The molecule has 0 aromatic heterocycles. The van der Waals surface area contributed by atoms with Crippen molar-refractivity contribution < 1.29 is 9.59 Å². The number of carbonyl (C=O) groups is 2. The van der Waals surface area contributed by atoms with Gasteiger partial charge in [-0.2, -0.15) is 0 Å². The van der Waals surface area contributed by atoms with E-state index < -0.39 is 0 Å². The molecule has 2 saturated heterocycles. The number of urea groups is 2. The zero-order valence-corrected chi connectivity index (χ0v) is 20.0. The van der Waals surface area contributed by atoms with E-state index in [1.54, 1.807) is 0 Å². The van der Waals surface area contributed by atoms with E-state index in [1.807, 2.05) is 23.1 Å². The lowest BCUT2D eigenvalue weighted by Crippen LogP contribution is -2.51. The molecule has 2 aliphatic heterocycles. The average Bonchev–Trinajstić information content (AvgIpc) is 2.85. The Hall–Kier alpha value is -2.48. The first-order valence-corrected chi connectivity index (χ1v) is 12.8. The maximum absolute atomic E-state index is 13.0. The summed E-state index contributed by atoms with van der Waals surface area (Å²) < 4.78 is 0. The van der Waals surface area contributed by atoms with Crippen molar-refractivity contribution in [3.8, 4) is 0 Å². The van der Waals surface area contributed by atoms with Gasteiger partial charge in [-0.05, 0) is 44.4 Å². The zero-order chi connectivity index (χ0) is 23.0. The summed E-state index contributed by atoms with van der Waals surface area (Å²) in [6.07, 6.45) is 7.43. The summed E-state index contributed by atoms with van der Waals surface area (Å²) in [6.45, 7) is 8.63. The molecule has 182 valence electrons. The molecular formula is C25H40N6O2. The van der Waals surface area contributed by atoms with Crippen molar-refractivity contribution in [2.45, 2.75) is 64.0 Å². The van der Waals surface area contributed by atoms with E-state index in [0.717, 1.165) is 69.8 Å². The van der Waals surface area contributed by atoms with Gasteiger partial charge in [0.1, 0.15) is 0 Å². The first-order valence-electron chi connectivity index (χ1n) is 12.8. The number of benzene rings is 1. The van der Waals surface area contributed by atoms with Crippen LogP contribution in [-0.2, 0) is 0 Å². The van der Waals surface area contributed by atoms with Gasteiger partial charge in [-0.3, -0.25) is 0 Å². The Morgan fingerprint density at radius 2 is 1.48 bits per heavy atom. The maximum Gasteiger partial charge on any atom is 0.321 e. The van der Waals surface area contributed by atoms with Gasteiger partial charge >= 0.3 is 12.1 Å². The summed E-state index contributed by atoms with van der Waals surface area (Å²) in [7, 11) is 0. The molecule has 1 aromatic carbocycles. The Labute approximate surface area is 198 Å². The topological polar surface area (TPSA) is 80.0 Å². The summed E-state index contributed by atoms with van der Waals surface area (Å²) >= 11 is 0. The first kappa shape index (κ1) is 23.7. The van der Waals surface area contributed by atoms with Crippen molar-refractivity contribution in [3.63, 3.8) is 0 Å². The van der Waals surface area contributed by atoms with Crippen molar-refractivity contribution in [1.29, 1.82) is 0 Å². The SMILES string of the molecule is CCN1CCN(c2ccccc2NC(=O)N2CCC(NC(=O)NC3CCCCC3)CC2)CC1. The van der Waals surface area contributed by atoms with E-state index in [4.69, 9.17) is 0 Å². The number of hydrogen-bond acceptors (Lipinski definition) is 4. The molecule has 0 radical (unpaired) electrons. The van der Waals surface area contributed by atoms with E-state index in [2.05, 4.69) is 38.7 Å². The lowest BCUT2D eigenvalue weighted by Gasteiger charge is -2.37. The van der Waals surface area contributed by atoms with Gasteiger partial charge in [-0.15, -0.1) is 0 Å². The van der Waals surface area contributed by atoms with Crippen LogP contribution in [0.25, 0.3) is 0 Å². The molecule has 3 aliphatic rings. The van der Waals surface area contributed by atoms with Gasteiger partial charge in [-0.25, -0.2) is 9.59 Å². The minimum atomic E-state index is -0.0558. The zero-order valence-electron chi connectivity index (χ0n) is 20.0. The van der Waals surface area contributed by atoms with Crippen molar-refractivity contribution in [2.24, 2.45) is 0 Å². The van der Waals surface area contributed by atoms with E-state index in [0.29, 0.717) is 19.1 Å². The van der Waals surface area contributed by atoms with Gasteiger partial charge in [0.05, 0.1) is 11.4 Å². The van der Waals surface area contributed by atoms with Gasteiger partial charge < -0.3 is 30.7 Å². The van der Waals surface area contributed by atoms with Crippen molar-refractivity contribution in [3.05, 3.63) is 24.3 Å². The monoisotopic (exact) mass is 456 g/mol. The number of carbonyl (C=O) groups excluding carboxylic acids is 2. The standard InChI is InChI=1S/C25H40N6O2/c1-2-29-16-18-30(19-17-29)23-11-7-6-10-22(23)28-25(33)31-14-12-21(13-15-31)27-24(32)26-20-8-4-3-5-9-20/h6-7,10-11,20-21H,2-5,8-9,12-19H2,1H3,(H,28,33)(H2,26,27,32). The highest BCUT2D eigenvalue weighted by atomic mass is 16.2. The lowest BCUT2D eigenvalue weighted by atomic mass is 9.96. The average molecular weight is 457 g/mol. The largest absolute Gasteiger partial charge is 0.367 e. The second-order valence-electron chi connectivity index (χ2n) is 9.58. The van der Waals surface area contributed by atoms with Crippen LogP contribution in [-0.4, -0.2) is 79.8 Å². The number of likely N-dealkylation sites (tertiary alicyclic amines) is 1. The van der Waals surface area contributed by atoms with Gasteiger partial charge in [0, 0.05) is 51.4 Å². The fourth-order valence-electron chi connectivity index (χ4n) is 5.24. The van der Waals surface area contributed by atoms with Crippen LogP contribution in [0.4, 0.5) is 21.0 Å². The molecule has 3 fully saturated rings. The number of nitrogens with one attached hydrogen (secondary N) is 3. The van der Waals surface area contributed by atoms with Crippen LogP contribution in [0, 0.1) is 0 Å². The van der Waals surface area contributed by atoms with E-state index in [1.165, 1.54) is 19.3 Å². The minimum absolute atomic E-state index is 0.0538. The molecule has 33 heavy (non-hydrogen) atoms. The summed E-state index contributed by atoms with van der Waals surface area (Å²) in [5.74, 6) is 0. The Bertz CT molecular complexity index is 781. The first-order chi connectivity index (χ1) is 16.1. The van der Waals surface area contributed by atoms with E-state index in [-0.39, 0.29) is 18.1 Å². The van der Waals surface area contributed by atoms with Crippen LogP contribution < -0.4 is 20.9 Å². The number of anilines is 2. The predicted molar refractivity (Wildman–Crippen MR) is 133 cm³/mol. The highest BCUT2D eigenvalue weighted by Gasteiger charge is 2.26. The third-order valence-corrected chi connectivity index (χ3v) is 7.36. The lowest BCUT2D eigenvalue weighted by molar-refractivity contribution is 0.186. The Balaban J connectivity index is 1.24. The summed E-state index contributed by atoms with van der Waals surface area (Å²) in [6, 6.07) is 8.42. The van der Waals surface area contributed by atoms with Crippen LogP contribution in [0.15, 0.2) is 24.3 Å². The summed E-state index contributed by atoms with van der Waals surface area (Å²) in [4.78, 5) is 32.0. The quantitative estimate of drug-likeness (QED) is 0.634. The van der Waals surface area contributed by atoms with Crippen molar-refractivity contribution in [1.82, 2.24) is 20.4 Å². The van der Waals surface area contributed by atoms with Crippen LogP contribution in [0.2, 0.25) is 0 Å². The second-order valence-corrected chi connectivity index (χ2v) is 9.58. The van der Waals surface area contributed by atoms with Crippen molar-refractivity contribution >= 4 is 23.4 Å². The Kier molecular flexibility index (Phi) is 8.31. The maximum atomic E-state index is 13.0. The van der Waals surface area contributed by atoms with Gasteiger partial charge in [-0.1, -0.05) is 38.3 Å². The fraction of sp³-hybridized carbons (Fsp3) is 0.680. The second kappa shape index (κ2) is 11.6. The van der Waals surface area contributed by atoms with Gasteiger partial charge in [0.15, 0.2) is 0 Å². The molecule has 3 N–H and O–H groups in total. The normalized spacial score (nSPS) is 21.0. The number of hydrogen-bond donors (Lipinski definition) is 3. The smallest absolute Gasteiger partial charge is 0.321 e. The van der Waals surface area contributed by atoms with Crippen LogP contribution in [0.3, 0.4) is 0 Å². The number of nitrogens with zero attached hydrogens (tertiary/aromatic N) is 3. The summed E-state index contributed by atoms with van der Waals surface area (Å²) in [5, 5.41) is 9.39. The molecule has 0 bridgehead atoms. The molecule has 0 atom stereocenters. The number of piperazine rings is 1. The molecule has 4 rings (SSSR count). The highest BCUT2D eigenvalue weighted by molar-refractivity contribution is 5.93. The number of rotatable bonds is 5. The molecule has 0 unspecified atom stereocenters. The van der Waals surface area contributed by atoms with Crippen molar-refractivity contribution in [2.75, 3.05) is 56.0 Å². The molecule has 2 heterocycles. The molecular weight excluding hydrogens is 416 g/mol. The van der Waals surface area contributed by atoms with Crippen LogP contribution >= 0.6 is 0 Å². The van der Waals surface area contributed by atoms with E-state index >= 15 is 0 Å². The molecule has 1 aliphatic carbocycles. The number of amides is 4. The molecule has 4 amide bonds. The summed E-state index contributed by atoms with van der Waals surface area (Å²) in [5.41, 5.74) is 1.97. The number of likely N-dealkylation sites (N-methyl/N-ethyl adjacent to an activating group) is 1. The fourth-order valence-corrected chi connectivity index (χ4v) is 5.24. The van der Waals surface area contributed by atoms with Crippen LogP contribution in [0.1, 0.15) is 51.9 Å². The van der Waals surface area contributed by atoms with Crippen LogP contribution in [0.5, 0.6) is 0 Å². The molecule has 8 nitrogen and oxygen atoms in total. The Morgan fingerprint density at radius 1 is 0.848 bits per heavy atom. The number of piperidine rings is 1. The molecule has 1 aromatic rings. The molecule has 0 spiro atoms. The third kappa shape index (κ3) is 6.53.